The first-order chi connectivity index (χ1) is 9.05. The van der Waals surface area contributed by atoms with Crippen LogP contribution in [-0.4, -0.2) is 16.3 Å². The van der Waals surface area contributed by atoms with Crippen LogP contribution in [0.4, 0.5) is 0 Å². The fraction of sp³-hybridized carbons (Fsp3) is 0.533. The zero-order chi connectivity index (χ0) is 13.7. The van der Waals surface area contributed by atoms with Gasteiger partial charge in [-0.3, -0.25) is 4.68 Å². The minimum absolute atomic E-state index is 0.267. The molecule has 0 fully saturated rings. The quantitative estimate of drug-likeness (QED) is 0.820. The van der Waals surface area contributed by atoms with E-state index in [1.54, 1.807) is 0 Å². The molecule has 0 saturated heterocycles. The van der Waals surface area contributed by atoms with E-state index in [4.69, 9.17) is 0 Å². The van der Waals surface area contributed by atoms with Crippen molar-refractivity contribution in [2.24, 2.45) is 0 Å². The Morgan fingerprint density at radius 3 is 2.79 bits per heavy atom. The summed E-state index contributed by atoms with van der Waals surface area (Å²) in [4.78, 5) is 2.88. The predicted octanol–water partition coefficient (Wildman–Crippen LogP) is 3.42. The third kappa shape index (κ3) is 4.48. The van der Waals surface area contributed by atoms with Crippen molar-refractivity contribution in [3.8, 4) is 0 Å². The summed E-state index contributed by atoms with van der Waals surface area (Å²) in [5, 5.41) is 7.69. The fourth-order valence-electron chi connectivity index (χ4n) is 1.89. The number of hydrogen-bond donors (Lipinski definition) is 1. The highest BCUT2D eigenvalue weighted by molar-refractivity contribution is 7.12. The lowest BCUT2D eigenvalue weighted by Gasteiger charge is -2.15. The van der Waals surface area contributed by atoms with Gasteiger partial charge in [0.25, 0.3) is 0 Å². The van der Waals surface area contributed by atoms with Gasteiger partial charge >= 0.3 is 0 Å². The summed E-state index contributed by atoms with van der Waals surface area (Å²) in [5.74, 6) is 0. The van der Waals surface area contributed by atoms with Gasteiger partial charge in [0.05, 0.1) is 0 Å². The van der Waals surface area contributed by atoms with Crippen molar-refractivity contribution in [2.45, 2.75) is 45.7 Å². The molecule has 0 aliphatic heterocycles. The Kier molecular flexibility index (Phi) is 4.77. The molecule has 0 aliphatic rings. The van der Waals surface area contributed by atoms with E-state index in [2.05, 4.69) is 43.3 Å². The van der Waals surface area contributed by atoms with Gasteiger partial charge < -0.3 is 5.32 Å². The molecule has 19 heavy (non-hydrogen) atoms. The van der Waals surface area contributed by atoms with Crippen LogP contribution in [0.5, 0.6) is 0 Å². The van der Waals surface area contributed by atoms with Crippen LogP contribution >= 0.6 is 11.3 Å². The number of aromatic nitrogens is 2. The summed E-state index contributed by atoms with van der Waals surface area (Å²) >= 11 is 1.92. The summed E-state index contributed by atoms with van der Waals surface area (Å²) in [6.07, 6.45) is 4.95. The van der Waals surface area contributed by atoms with E-state index >= 15 is 0 Å². The van der Waals surface area contributed by atoms with Gasteiger partial charge in [-0.15, -0.1) is 11.3 Å². The molecule has 0 atom stereocenters. The number of nitrogens with one attached hydrogen (secondary N) is 1. The van der Waals surface area contributed by atoms with Crippen LogP contribution < -0.4 is 5.32 Å². The van der Waals surface area contributed by atoms with E-state index in [0.717, 1.165) is 26.1 Å². The Hall–Kier alpha value is -1.13. The van der Waals surface area contributed by atoms with Gasteiger partial charge in [-0.1, -0.05) is 20.8 Å². The fourth-order valence-corrected chi connectivity index (χ4v) is 2.92. The highest BCUT2D eigenvalue weighted by Crippen LogP contribution is 2.29. The van der Waals surface area contributed by atoms with Crippen molar-refractivity contribution in [1.82, 2.24) is 15.1 Å². The lowest BCUT2D eigenvalue weighted by Crippen LogP contribution is -2.16. The van der Waals surface area contributed by atoms with E-state index in [1.807, 2.05) is 34.5 Å². The van der Waals surface area contributed by atoms with Crippen molar-refractivity contribution in [1.29, 1.82) is 0 Å². The maximum absolute atomic E-state index is 4.19. The van der Waals surface area contributed by atoms with E-state index < -0.39 is 0 Å². The molecule has 0 aliphatic carbocycles. The third-order valence-electron chi connectivity index (χ3n) is 3.00. The zero-order valence-corrected chi connectivity index (χ0v) is 12.8. The standard InChI is InChI=1S/C15H23N3S/c1-15(2,3)14-7-6-13(19-14)12-16-8-4-10-18-11-5-9-17-18/h5-7,9,11,16H,4,8,10,12H2,1-3H3. The Bertz CT molecular complexity index is 480. The van der Waals surface area contributed by atoms with Gasteiger partial charge in [0.15, 0.2) is 0 Å². The van der Waals surface area contributed by atoms with Crippen LogP contribution in [0.2, 0.25) is 0 Å². The first kappa shape index (κ1) is 14.3. The summed E-state index contributed by atoms with van der Waals surface area (Å²) < 4.78 is 1.98. The van der Waals surface area contributed by atoms with Crippen molar-refractivity contribution in [3.63, 3.8) is 0 Å². The SMILES string of the molecule is CC(C)(C)c1ccc(CNCCCn2cccn2)s1. The van der Waals surface area contributed by atoms with Crippen molar-refractivity contribution in [3.05, 3.63) is 40.3 Å². The normalized spacial score (nSPS) is 11.9. The molecule has 4 heteroatoms. The zero-order valence-electron chi connectivity index (χ0n) is 12.0. The average Bonchev–Trinajstić information content (AvgIpc) is 2.97. The van der Waals surface area contributed by atoms with Crippen LogP contribution in [0.15, 0.2) is 30.6 Å². The average molecular weight is 277 g/mol. The molecule has 104 valence electrons. The van der Waals surface area contributed by atoms with E-state index in [9.17, 15) is 0 Å². The Morgan fingerprint density at radius 2 is 2.16 bits per heavy atom. The van der Waals surface area contributed by atoms with E-state index in [-0.39, 0.29) is 5.41 Å². The van der Waals surface area contributed by atoms with Crippen LogP contribution in [-0.2, 0) is 18.5 Å². The van der Waals surface area contributed by atoms with Crippen molar-refractivity contribution in [2.75, 3.05) is 6.54 Å². The topological polar surface area (TPSA) is 29.9 Å². The molecule has 1 N–H and O–H groups in total. The molecule has 0 spiro atoms. The van der Waals surface area contributed by atoms with Crippen molar-refractivity contribution < 1.29 is 0 Å². The smallest absolute Gasteiger partial charge is 0.0489 e. The lowest BCUT2D eigenvalue weighted by molar-refractivity contribution is 0.544. The molecule has 0 radical (unpaired) electrons. The first-order valence-corrected chi connectivity index (χ1v) is 7.65. The first-order valence-electron chi connectivity index (χ1n) is 6.83. The second kappa shape index (κ2) is 6.35. The Labute approximate surface area is 119 Å². The molecular weight excluding hydrogens is 254 g/mol. The molecule has 0 unspecified atom stereocenters. The van der Waals surface area contributed by atoms with Crippen LogP contribution in [0, 0.1) is 0 Å². The molecule has 2 rings (SSSR count). The summed E-state index contributed by atoms with van der Waals surface area (Å²) in [6, 6.07) is 6.46. The monoisotopic (exact) mass is 277 g/mol. The van der Waals surface area contributed by atoms with Crippen LogP contribution in [0.1, 0.15) is 36.9 Å². The second-order valence-electron chi connectivity index (χ2n) is 5.82. The van der Waals surface area contributed by atoms with E-state index in [0.29, 0.717) is 0 Å². The molecular formula is C15H23N3S. The second-order valence-corrected chi connectivity index (χ2v) is 6.98. The molecule has 2 aromatic heterocycles. The van der Waals surface area contributed by atoms with Gasteiger partial charge in [0.2, 0.25) is 0 Å². The summed E-state index contributed by atoms with van der Waals surface area (Å²) in [7, 11) is 0. The van der Waals surface area contributed by atoms with Gasteiger partial charge in [-0.2, -0.15) is 5.10 Å². The van der Waals surface area contributed by atoms with E-state index in [1.165, 1.54) is 9.75 Å². The predicted molar refractivity (Wildman–Crippen MR) is 81.6 cm³/mol. The van der Waals surface area contributed by atoms with Crippen molar-refractivity contribution >= 4 is 11.3 Å². The highest BCUT2D eigenvalue weighted by Gasteiger charge is 2.15. The number of thiophene rings is 1. The number of nitrogens with zero attached hydrogens (tertiary/aromatic N) is 2. The Morgan fingerprint density at radius 1 is 1.32 bits per heavy atom. The molecule has 0 amide bonds. The number of hydrogen-bond acceptors (Lipinski definition) is 3. The van der Waals surface area contributed by atoms with Crippen LogP contribution in [0.25, 0.3) is 0 Å². The summed E-state index contributed by atoms with van der Waals surface area (Å²) in [6.45, 7) is 9.78. The summed E-state index contributed by atoms with van der Waals surface area (Å²) in [5.41, 5.74) is 0.267. The molecule has 3 nitrogen and oxygen atoms in total. The molecule has 0 saturated carbocycles. The van der Waals surface area contributed by atoms with Gasteiger partial charge in [0.1, 0.15) is 0 Å². The third-order valence-corrected chi connectivity index (χ3v) is 4.51. The van der Waals surface area contributed by atoms with Gasteiger partial charge in [-0.25, -0.2) is 0 Å². The van der Waals surface area contributed by atoms with Crippen LogP contribution in [0.3, 0.4) is 0 Å². The highest BCUT2D eigenvalue weighted by atomic mass is 32.1. The lowest BCUT2D eigenvalue weighted by atomic mass is 9.95. The molecule has 0 aromatic carbocycles. The van der Waals surface area contributed by atoms with Gasteiger partial charge in [-0.05, 0) is 36.6 Å². The minimum atomic E-state index is 0.267. The van der Waals surface area contributed by atoms with Gasteiger partial charge in [0, 0.05) is 35.2 Å². The maximum atomic E-state index is 4.19. The number of rotatable bonds is 6. The minimum Gasteiger partial charge on any atom is -0.312 e. The molecule has 2 heterocycles. The Balaban J connectivity index is 1.67. The largest absolute Gasteiger partial charge is 0.312 e. The maximum Gasteiger partial charge on any atom is 0.0489 e. The molecule has 0 bridgehead atoms. The number of aryl methyl sites for hydroxylation is 1. The molecule has 2 aromatic rings.